The summed E-state index contributed by atoms with van der Waals surface area (Å²) in [6, 6.07) is -0.115. The molecule has 17 heavy (non-hydrogen) atoms. The Labute approximate surface area is 102 Å². The lowest BCUT2D eigenvalue weighted by molar-refractivity contribution is 0.0118. The van der Waals surface area contributed by atoms with Gasteiger partial charge in [-0.25, -0.2) is 0 Å². The summed E-state index contributed by atoms with van der Waals surface area (Å²) in [5, 5.41) is 38.4. The Morgan fingerprint density at radius 3 is 2.53 bits per heavy atom. The van der Waals surface area contributed by atoms with Gasteiger partial charge in [-0.05, 0) is 32.6 Å². The van der Waals surface area contributed by atoms with E-state index < -0.39 is 12.2 Å². The van der Waals surface area contributed by atoms with E-state index in [4.69, 9.17) is 0 Å². The van der Waals surface area contributed by atoms with E-state index in [0.717, 1.165) is 25.7 Å². The first kappa shape index (κ1) is 13.2. The van der Waals surface area contributed by atoms with Gasteiger partial charge in [-0.15, -0.1) is 0 Å². The maximum atomic E-state index is 9.91. The summed E-state index contributed by atoms with van der Waals surface area (Å²) in [5.41, 5.74) is 0. The van der Waals surface area contributed by atoms with Crippen molar-refractivity contribution in [2.24, 2.45) is 0 Å². The molecule has 0 aliphatic carbocycles. The monoisotopic (exact) mass is 245 g/mol. The summed E-state index contributed by atoms with van der Waals surface area (Å²) in [6.45, 7) is 1.64. The van der Waals surface area contributed by atoms with Crippen molar-refractivity contribution in [3.8, 4) is 0 Å². The fraction of sp³-hybridized carbons (Fsp3) is 1.00. The predicted molar refractivity (Wildman–Crippen MR) is 62.5 cm³/mol. The van der Waals surface area contributed by atoms with Crippen molar-refractivity contribution < 1.29 is 20.4 Å². The Hall–Kier alpha value is -0.200. The number of aliphatic hydroxyl groups excluding tert-OH is 4. The second-order valence-electron chi connectivity index (χ2n) is 5.40. The van der Waals surface area contributed by atoms with Gasteiger partial charge in [0.1, 0.15) is 0 Å². The van der Waals surface area contributed by atoms with E-state index in [9.17, 15) is 20.4 Å². The Balaban J connectivity index is 2.02. The summed E-state index contributed by atoms with van der Waals surface area (Å²) in [6.07, 6.45) is 1.49. The van der Waals surface area contributed by atoms with Crippen LogP contribution in [0.1, 0.15) is 32.6 Å². The van der Waals surface area contributed by atoms with Crippen molar-refractivity contribution in [1.29, 1.82) is 0 Å². The topological polar surface area (TPSA) is 84.2 Å². The maximum absolute atomic E-state index is 9.91. The summed E-state index contributed by atoms with van der Waals surface area (Å²) in [4.78, 5) is 2.07. The van der Waals surface area contributed by atoms with Gasteiger partial charge in [0.2, 0.25) is 0 Å². The van der Waals surface area contributed by atoms with Gasteiger partial charge in [0.05, 0.1) is 31.0 Å². The molecule has 2 saturated heterocycles. The minimum atomic E-state index is -0.848. The minimum Gasteiger partial charge on any atom is -0.395 e. The van der Waals surface area contributed by atoms with Crippen molar-refractivity contribution in [2.45, 2.75) is 69.0 Å². The third-order valence-corrected chi connectivity index (χ3v) is 4.23. The van der Waals surface area contributed by atoms with E-state index in [1.807, 2.05) is 0 Å². The molecule has 2 aliphatic heterocycles. The summed E-state index contributed by atoms with van der Waals surface area (Å²) >= 11 is 0. The molecule has 6 atom stereocenters. The third kappa shape index (κ3) is 2.35. The van der Waals surface area contributed by atoms with Gasteiger partial charge in [0, 0.05) is 12.1 Å². The van der Waals surface area contributed by atoms with Crippen molar-refractivity contribution in [3.63, 3.8) is 0 Å². The van der Waals surface area contributed by atoms with Gasteiger partial charge >= 0.3 is 0 Å². The lowest BCUT2D eigenvalue weighted by Crippen LogP contribution is -2.43. The van der Waals surface area contributed by atoms with Crippen LogP contribution in [0.3, 0.4) is 0 Å². The van der Waals surface area contributed by atoms with Crippen LogP contribution >= 0.6 is 0 Å². The molecule has 2 heterocycles. The van der Waals surface area contributed by atoms with Crippen LogP contribution in [-0.4, -0.2) is 68.4 Å². The summed E-state index contributed by atoms with van der Waals surface area (Å²) < 4.78 is 0. The number of hydrogen-bond donors (Lipinski definition) is 4. The third-order valence-electron chi connectivity index (χ3n) is 4.23. The highest BCUT2D eigenvalue weighted by Crippen LogP contribution is 2.38. The van der Waals surface area contributed by atoms with Crippen LogP contribution in [0.4, 0.5) is 0 Å². The molecule has 5 nitrogen and oxygen atoms in total. The van der Waals surface area contributed by atoms with Crippen molar-refractivity contribution in [1.82, 2.24) is 4.90 Å². The van der Waals surface area contributed by atoms with Crippen molar-refractivity contribution >= 4 is 0 Å². The molecule has 4 N–H and O–H groups in total. The molecule has 2 aliphatic rings. The van der Waals surface area contributed by atoms with E-state index in [2.05, 4.69) is 4.90 Å². The normalized spacial score (nSPS) is 43.9. The van der Waals surface area contributed by atoms with Crippen LogP contribution < -0.4 is 0 Å². The Kier molecular flexibility index (Phi) is 4.05. The molecule has 0 aromatic rings. The lowest BCUT2D eigenvalue weighted by Gasteiger charge is -2.30. The zero-order valence-corrected chi connectivity index (χ0v) is 10.2. The lowest BCUT2D eigenvalue weighted by atomic mass is 10.0. The van der Waals surface area contributed by atoms with Gasteiger partial charge in [-0.3, -0.25) is 4.90 Å². The van der Waals surface area contributed by atoms with E-state index >= 15 is 0 Å². The smallest absolute Gasteiger partial charge is 0.0991 e. The Morgan fingerprint density at radius 1 is 1.24 bits per heavy atom. The first-order valence-corrected chi connectivity index (χ1v) is 6.48. The number of nitrogens with zero attached hydrogens (tertiary/aromatic N) is 1. The Morgan fingerprint density at radius 2 is 1.94 bits per heavy atom. The van der Waals surface area contributed by atoms with Crippen LogP contribution in [0.5, 0.6) is 0 Å². The molecule has 2 rings (SSSR count). The van der Waals surface area contributed by atoms with Gasteiger partial charge in [-0.1, -0.05) is 0 Å². The highest BCUT2D eigenvalue weighted by Gasteiger charge is 2.52. The molecule has 0 amide bonds. The number of rotatable bonds is 4. The molecule has 100 valence electrons. The van der Waals surface area contributed by atoms with Crippen LogP contribution in [0.25, 0.3) is 0 Å². The number of hydrogen-bond acceptors (Lipinski definition) is 5. The first-order valence-electron chi connectivity index (χ1n) is 6.48. The van der Waals surface area contributed by atoms with Gasteiger partial charge in [-0.2, -0.15) is 0 Å². The zero-order chi connectivity index (χ0) is 12.6. The standard InChI is InChI=1S/C12H23NO4/c1-7(15)2-3-8-4-5-9-11(16)12(17)10(6-14)13(8)9/h7-12,14-17H,2-6H2,1H3/t7?,8-,9-,10-,11+,12-/m1/s1. The molecule has 0 saturated carbocycles. The van der Waals surface area contributed by atoms with Gasteiger partial charge in [0.25, 0.3) is 0 Å². The van der Waals surface area contributed by atoms with Crippen LogP contribution in [0.2, 0.25) is 0 Å². The largest absolute Gasteiger partial charge is 0.395 e. The van der Waals surface area contributed by atoms with E-state index in [1.54, 1.807) is 6.92 Å². The number of fused-ring (bicyclic) bond motifs is 1. The van der Waals surface area contributed by atoms with Crippen molar-refractivity contribution in [2.75, 3.05) is 6.61 Å². The van der Waals surface area contributed by atoms with Crippen molar-refractivity contribution in [3.05, 3.63) is 0 Å². The molecular formula is C12H23NO4. The van der Waals surface area contributed by atoms with Gasteiger partial charge < -0.3 is 20.4 Å². The second kappa shape index (κ2) is 5.20. The van der Waals surface area contributed by atoms with E-state index in [1.165, 1.54) is 0 Å². The quantitative estimate of drug-likeness (QED) is 0.515. The fourth-order valence-electron chi connectivity index (χ4n) is 3.36. The molecule has 0 bridgehead atoms. The maximum Gasteiger partial charge on any atom is 0.0991 e. The second-order valence-corrected chi connectivity index (χ2v) is 5.40. The molecule has 0 radical (unpaired) electrons. The molecule has 0 aromatic carbocycles. The fourth-order valence-corrected chi connectivity index (χ4v) is 3.36. The molecule has 0 aromatic heterocycles. The van der Waals surface area contributed by atoms with Crippen LogP contribution in [0, 0.1) is 0 Å². The average Bonchev–Trinajstić information content (AvgIpc) is 2.79. The SMILES string of the molecule is CC(O)CC[C@@H]1CC[C@@H]2[C@H](O)[C@H](O)[C@@H](CO)N12. The Bertz CT molecular complexity index is 259. The van der Waals surface area contributed by atoms with Gasteiger partial charge in [0.15, 0.2) is 0 Å². The molecular weight excluding hydrogens is 222 g/mol. The average molecular weight is 245 g/mol. The highest BCUT2D eigenvalue weighted by atomic mass is 16.3. The molecule has 1 unspecified atom stereocenters. The summed E-state index contributed by atoms with van der Waals surface area (Å²) in [7, 11) is 0. The van der Waals surface area contributed by atoms with E-state index in [0.29, 0.717) is 0 Å². The minimum absolute atomic E-state index is 0.0267. The summed E-state index contributed by atoms with van der Waals surface area (Å²) in [5.74, 6) is 0. The molecule has 0 spiro atoms. The molecule has 5 heteroatoms. The predicted octanol–water partition coefficient (Wildman–Crippen LogP) is -0.923. The van der Waals surface area contributed by atoms with Crippen LogP contribution in [-0.2, 0) is 0 Å². The first-order chi connectivity index (χ1) is 8.06. The zero-order valence-electron chi connectivity index (χ0n) is 10.2. The molecule has 2 fully saturated rings. The highest BCUT2D eigenvalue weighted by molar-refractivity contribution is 5.06. The van der Waals surface area contributed by atoms with E-state index in [-0.39, 0.29) is 30.8 Å². The van der Waals surface area contributed by atoms with Crippen LogP contribution in [0.15, 0.2) is 0 Å². The number of aliphatic hydroxyl groups is 4.